The van der Waals surface area contributed by atoms with E-state index >= 15 is 0 Å². The molecular weight excluding hydrogens is 374 g/mol. The van der Waals surface area contributed by atoms with Gasteiger partial charge in [0.25, 0.3) is 5.70 Å². The predicted molar refractivity (Wildman–Crippen MR) is 118 cm³/mol. The molecule has 2 N–H and O–H groups in total. The fourth-order valence-corrected chi connectivity index (χ4v) is 3.56. The number of rotatable bonds is 5. The van der Waals surface area contributed by atoms with Crippen LogP contribution in [0.1, 0.15) is 10.4 Å². The monoisotopic (exact) mass is 396 g/mol. The molecule has 0 saturated carbocycles. The Balaban J connectivity index is 2.01. The van der Waals surface area contributed by atoms with Crippen molar-refractivity contribution in [3.8, 4) is 0 Å². The van der Waals surface area contributed by atoms with Crippen molar-refractivity contribution in [2.45, 2.75) is 6.92 Å². The van der Waals surface area contributed by atoms with Gasteiger partial charge in [-0.2, -0.15) is 4.57 Å². The largest absolute Gasteiger partial charge is 0.501 e. The summed E-state index contributed by atoms with van der Waals surface area (Å²) in [6.07, 6.45) is 3.80. The SMILES string of the molecule is Cc1ccc(NC(=S)/C(=C(/O)c2cccs2)[n+]2ccc(N(C)C)cc2)cc1. The number of aromatic nitrogens is 1. The number of nitrogens with zero attached hydrogens (tertiary/aromatic N) is 2. The summed E-state index contributed by atoms with van der Waals surface area (Å²) in [6.45, 7) is 2.04. The molecule has 0 radical (unpaired) electrons. The number of aliphatic hydroxyl groups excluding tert-OH is 1. The molecule has 138 valence electrons. The highest BCUT2D eigenvalue weighted by Crippen LogP contribution is 2.23. The first-order chi connectivity index (χ1) is 13.0. The van der Waals surface area contributed by atoms with E-state index in [1.807, 2.05) is 96.8 Å². The van der Waals surface area contributed by atoms with Crippen molar-refractivity contribution in [3.05, 3.63) is 76.7 Å². The van der Waals surface area contributed by atoms with Gasteiger partial charge >= 0.3 is 0 Å². The van der Waals surface area contributed by atoms with Crippen molar-refractivity contribution >= 4 is 51.4 Å². The zero-order valence-corrected chi connectivity index (χ0v) is 17.1. The van der Waals surface area contributed by atoms with Crippen LogP contribution in [0, 0.1) is 6.92 Å². The third-order valence-corrected chi connectivity index (χ3v) is 5.26. The molecule has 0 saturated heterocycles. The second kappa shape index (κ2) is 8.33. The van der Waals surface area contributed by atoms with Gasteiger partial charge in [-0.3, -0.25) is 0 Å². The molecule has 27 heavy (non-hydrogen) atoms. The molecule has 0 aliphatic rings. The molecule has 3 aromatic rings. The molecule has 1 aromatic carbocycles. The lowest BCUT2D eigenvalue weighted by Gasteiger charge is -2.12. The first kappa shape index (κ1) is 19.1. The Bertz CT molecular complexity index is 944. The molecule has 0 atom stereocenters. The Hall–Kier alpha value is -2.70. The van der Waals surface area contributed by atoms with Crippen LogP contribution in [0.4, 0.5) is 11.4 Å². The second-order valence-corrected chi connectivity index (χ2v) is 7.71. The first-order valence-corrected chi connectivity index (χ1v) is 9.78. The maximum absolute atomic E-state index is 10.9. The van der Waals surface area contributed by atoms with Gasteiger partial charge in [-0.25, -0.2) is 0 Å². The summed E-state index contributed by atoms with van der Waals surface area (Å²) < 4.78 is 1.84. The van der Waals surface area contributed by atoms with Crippen molar-refractivity contribution in [3.63, 3.8) is 0 Å². The van der Waals surface area contributed by atoms with E-state index in [1.54, 1.807) is 0 Å². The highest BCUT2D eigenvalue weighted by molar-refractivity contribution is 7.81. The summed E-state index contributed by atoms with van der Waals surface area (Å²) in [7, 11) is 3.98. The van der Waals surface area contributed by atoms with E-state index in [-0.39, 0.29) is 5.76 Å². The van der Waals surface area contributed by atoms with E-state index < -0.39 is 0 Å². The molecule has 0 spiro atoms. The van der Waals surface area contributed by atoms with Crippen LogP contribution in [0.25, 0.3) is 11.5 Å². The number of thiophene rings is 1. The molecule has 0 aliphatic carbocycles. The van der Waals surface area contributed by atoms with Crippen LogP contribution >= 0.6 is 23.6 Å². The topological polar surface area (TPSA) is 39.4 Å². The number of hydrogen-bond donors (Lipinski definition) is 2. The van der Waals surface area contributed by atoms with Gasteiger partial charge in [-0.05, 0) is 30.5 Å². The van der Waals surface area contributed by atoms with Crippen LogP contribution < -0.4 is 14.8 Å². The summed E-state index contributed by atoms with van der Waals surface area (Å²) in [5, 5.41) is 16.1. The summed E-state index contributed by atoms with van der Waals surface area (Å²) in [4.78, 5) is 3.24. The van der Waals surface area contributed by atoms with Gasteiger partial charge < -0.3 is 15.3 Å². The highest BCUT2D eigenvalue weighted by atomic mass is 32.1. The normalized spacial score (nSPS) is 11.7. The number of thiocarbonyl (C=S) groups is 1. The molecule has 3 rings (SSSR count). The lowest BCUT2D eigenvalue weighted by atomic mass is 10.2. The van der Waals surface area contributed by atoms with Crippen LogP contribution in [0.5, 0.6) is 0 Å². The fourth-order valence-electron chi connectivity index (χ4n) is 2.57. The van der Waals surface area contributed by atoms with E-state index in [0.717, 1.165) is 16.3 Å². The summed E-state index contributed by atoms with van der Waals surface area (Å²) in [5.74, 6) is 0.150. The number of hydrogen-bond acceptors (Lipinski definition) is 4. The van der Waals surface area contributed by atoms with E-state index in [4.69, 9.17) is 12.2 Å². The van der Waals surface area contributed by atoms with Crippen molar-refractivity contribution in [1.82, 2.24) is 0 Å². The Labute approximate surface area is 169 Å². The van der Waals surface area contributed by atoms with Crippen LogP contribution in [0.2, 0.25) is 0 Å². The fraction of sp³-hybridized carbons (Fsp3) is 0.143. The Morgan fingerprint density at radius 1 is 1.07 bits per heavy atom. The average Bonchev–Trinajstić information content (AvgIpc) is 3.19. The van der Waals surface area contributed by atoms with Gasteiger partial charge in [0.2, 0.25) is 5.76 Å². The standard InChI is InChI=1S/C21H21N3OS2/c1-15-6-8-16(9-7-15)22-21(26)19(20(25)18-5-4-14-27-18)24-12-10-17(11-13-24)23(2)3/h4-14H,1-3H3,(H-,22,25,26)/p+1. The van der Waals surface area contributed by atoms with Crippen molar-refractivity contribution in [2.75, 3.05) is 24.3 Å². The smallest absolute Gasteiger partial charge is 0.289 e. The maximum atomic E-state index is 10.9. The number of pyridine rings is 1. The number of nitrogens with one attached hydrogen (secondary N) is 1. The molecule has 0 unspecified atom stereocenters. The summed E-state index contributed by atoms with van der Waals surface area (Å²) in [6, 6.07) is 15.7. The van der Waals surface area contributed by atoms with E-state index in [0.29, 0.717) is 10.7 Å². The van der Waals surface area contributed by atoms with Crippen LogP contribution in [0.15, 0.2) is 66.3 Å². The molecular formula is C21H22N3OS2+. The zero-order valence-electron chi connectivity index (χ0n) is 15.5. The van der Waals surface area contributed by atoms with Gasteiger partial charge in [-0.15, -0.1) is 11.3 Å². The molecule has 2 aromatic heterocycles. The highest BCUT2D eigenvalue weighted by Gasteiger charge is 2.24. The van der Waals surface area contributed by atoms with Crippen LogP contribution in [-0.4, -0.2) is 24.2 Å². The molecule has 0 aliphatic heterocycles. The number of aryl methyl sites for hydroxylation is 1. The van der Waals surface area contributed by atoms with Crippen molar-refractivity contribution in [1.29, 1.82) is 0 Å². The molecule has 4 nitrogen and oxygen atoms in total. The van der Waals surface area contributed by atoms with Crippen molar-refractivity contribution < 1.29 is 9.67 Å². The number of aliphatic hydroxyl groups is 1. The third kappa shape index (κ3) is 4.53. The number of benzene rings is 1. The third-order valence-electron chi connectivity index (χ3n) is 4.09. The van der Waals surface area contributed by atoms with E-state index in [9.17, 15) is 5.11 Å². The van der Waals surface area contributed by atoms with Crippen LogP contribution in [0.3, 0.4) is 0 Å². The predicted octanol–water partition coefficient (Wildman–Crippen LogP) is 4.73. The molecule has 2 heterocycles. The van der Waals surface area contributed by atoms with E-state index in [1.165, 1.54) is 16.9 Å². The lowest BCUT2D eigenvalue weighted by Crippen LogP contribution is -2.38. The lowest BCUT2D eigenvalue weighted by molar-refractivity contribution is -0.575. The summed E-state index contributed by atoms with van der Waals surface area (Å²) in [5.41, 5.74) is 3.67. The Morgan fingerprint density at radius 3 is 2.30 bits per heavy atom. The van der Waals surface area contributed by atoms with Crippen molar-refractivity contribution in [2.24, 2.45) is 0 Å². The molecule has 0 fully saturated rings. The van der Waals surface area contributed by atoms with Gasteiger partial charge in [-0.1, -0.05) is 36.0 Å². The molecule has 6 heteroatoms. The number of anilines is 2. The van der Waals surface area contributed by atoms with Gasteiger partial charge in [0, 0.05) is 37.6 Å². The maximum Gasteiger partial charge on any atom is 0.289 e. The minimum Gasteiger partial charge on any atom is -0.501 e. The zero-order chi connectivity index (χ0) is 19.4. The van der Waals surface area contributed by atoms with Crippen LogP contribution in [-0.2, 0) is 0 Å². The minimum atomic E-state index is 0.150. The quantitative estimate of drug-likeness (QED) is 0.283. The Morgan fingerprint density at radius 2 is 1.74 bits per heavy atom. The molecule has 0 bridgehead atoms. The molecule has 0 amide bonds. The van der Waals surface area contributed by atoms with Gasteiger partial charge in [0.05, 0.1) is 4.88 Å². The van der Waals surface area contributed by atoms with E-state index in [2.05, 4.69) is 5.32 Å². The first-order valence-electron chi connectivity index (χ1n) is 8.50. The average molecular weight is 397 g/mol. The summed E-state index contributed by atoms with van der Waals surface area (Å²) >= 11 is 7.12. The second-order valence-electron chi connectivity index (χ2n) is 6.35. The van der Waals surface area contributed by atoms with Gasteiger partial charge in [0.15, 0.2) is 17.4 Å². The Kier molecular flexibility index (Phi) is 5.88. The van der Waals surface area contributed by atoms with Gasteiger partial charge in [0.1, 0.15) is 0 Å². The minimum absolute atomic E-state index is 0.150.